The van der Waals surface area contributed by atoms with Crippen molar-refractivity contribution in [1.29, 1.82) is 0 Å². The number of hydrogen-bond acceptors (Lipinski definition) is 2. The quantitative estimate of drug-likeness (QED) is 0.570. The summed E-state index contributed by atoms with van der Waals surface area (Å²) >= 11 is 0. The minimum atomic E-state index is 0.950. The van der Waals surface area contributed by atoms with E-state index in [0.717, 1.165) is 6.61 Å². The molecular formula is C9H16NO. The van der Waals surface area contributed by atoms with Crippen LogP contribution in [0.15, 0.2) is 0 Å². The number of hydrogen-bond donors (Lipinski definition) is 0. The summed E-state index contributed by atoms with van der Waals surface area (Å²) in [6.45, 7) is 3.41. The Bertz CT molecular complexity index is 115. The van der Waals surface area contributed by atoms with Crippen LogP contribution in [0.25, 0.3) is 0 Å². The summed E-state index contributed by atoms with van der Waals surface area (Å²) in [6.07, 6.45) is 7.73. The molecule has 2 aliphatic rings. The van der Waals surface area contributed by atoms with Gasteiger partial charge in [0.1, 0.15) is 0 Å². The van der Waals surface area contributed by atoms with Gasteiger partial charge in [0.05, 0.1) is 0 Å². The van der Waals surface area contributed by atoms with Crippen LogP contribution in [0.1, 0.15) is 32.1 Å². The highest BCUT2D eigenvalue weighted by molar-refractivity contribution is 4.85. The molecule has 2 saturated heterocycles. The van der Waals surface area contributed by atoms with Crippen molar-refractivity contribution in [3.8, 4) is 0 Å². The molecule has 0 N–H and O–H groups in total. The molecule has 0 aromatic heterocycles. The van der Waals surface area contributed by atoms with E-state index in [0.29, 0.717) is 0 Å². The number of likely N-dealkylation sites (tertiary alicyclic amines) is 1. The molecule has 2 heteroatoms. The minimum Gasteiger partial charge on any atom is -0.356 e. The molecule has 2 nitrogen and oxygen atoms in total. The van der Waals surface area contributed by atoms with Crippen molar-refractivity contribution in [3.63, 3.8) is 0 Å². The molecule has 0 amide bonds. The largest absolute Gasteiger partial charge is 0.356 e. The first-order valence-electron chi connectivity index (χ1n) is 4.70. The molecule has 0 aromatic carbocycles. The smallest absolute Gasteiger partial charge is 0.164 e. The van der Waals surface area contributed by atoms with Crippen molar-refractivity contribution < 1.29 is 4.74 Å². The third-order valence-electron chi connectivity index (χ3n) is 2.51. The third kappa shape index (κ3) is 1.74. The van der Waals surface area contributed by atoms with E-state index in [4.69, 9.17) is 4.74 Å². The highest BCUT2D eigenvalue weighted by Crippen LogP contribution is 2.26. The van der Waals surface area contributed by atoms with Gasteiger partial charge in [-0.2, -0.15) is 0 Å². The Kier molecular flexibility index (Phi) is 2.44. The maximum absolute atomic E-state index is 5.60. The van der Waals surface area contributed by atoms with Crippen LogP contribution in [0.3, 0.4) is 0 Å². The standard InChI is InChI=1S/C9H16NO/c1-4-8-11-9(5-1)10-6-2-3-7-10/h1-8H2. The molecule has 2 aliphatic heterocycles. The lowest BCUT2D eigenvalue weighted by Crippen LogP contribution is -2.30. The summed E-state index contributed by atoms with van der Waals surface area (Å²) in [6, 6.07) is 0. The van der Waals surface area contributed by atoms with Gasteiger partial charge in [-0.25, -0.2) is 0 Å². The van der Waals surface area contributed by atoms with Gasteiger partial charge in [-0.15, -0.1) is 0 Å². The van der Waals surface area contributed by atoms with E-state index in [1.807, 2.05) is 0 Å². The zero-order valence-electron chi connectivity index (χ0n) is 7.01. The lowest BCUT2D eigenvalue weighted by Gasteiger charge is -2.28. The van der Waals surface area contributed by atoms with Crippen molar-refractivity contribution in [2.75, 3.05) is 19.7 Å². The van der Waals surface area contributed by atoms with Gasteiger partial charge < -0.3 is 4.74 Å². The molecule has 2 rings (SSSR count). The van der Waals surface area contributed by atoms with Crippen LogP contribution in [-0.4, -0.2) is 24.6 Å². The number of ether oxygens (including phenoxy) is 1. The first kappa shape index (κ1) is 7.56. The van der Waals surface area contributed by atoms with Crippen LogP contribution < -0.4 is 0 Å². The van der Waals surface area contributed by atoms with E-state index < -0.39 is 0 Å². The summed E-state index contributed by atoms with van der Waals surface area (Å²) in [5.74, 6) is 0. The average Bonchev–Trinajstić information content (AvgIpc) is 2.58. The summed E-state index contributed by atoms with van der Waals surface area (Å²) in [5, 5.41) is 0. The minimum absolute atomic E-state index is 0.950. The van der Waals surface area contributed by atoms with Crippen LogP contribution in [0, 0.1) is 6.23 Å². The van der Waals surface area contributed by atoms with E-state index in [9.17, 15) is 0 Å². The second-order valence-corrected chi connectivity index (χ2v) is 3.39. The highest BCUT2D eigenvalue weighted by Gasteiger charge is 2.25. The molecule has 0 aromatic rings. The topological polar surface area (TPSA) is 12.5 Å². The molecule has 63 valence electrons. The molecule has 2 fully saturated rings. The molecule has 0 unspecified atom stereocenters. The highest BCUT2D eigenvalue weighted by atomic mass is 16.5. The molecule has 0 bridgehead atoms. The van der Waals surface area contributed by atoms with Crippen LogP contribution in [-0.2, 0) is 4.74 Å². The van der Waals surface area contributed by atoms with Crippen LogP contribution >= 0.6 is 0 Å². The first-order chi connectivity index (χ1) is 5.47. The van der Waals surface area contributed by atoms with Crippen molar-refractivity contribution in [1.82, 2.24) is 4.90 Å². The Morgan fingerprint density at radius 3 is 2.45 bits per heavy atom. The monoisotopic (exact) mass is 154 g/mol. The number of rotatable bonds is 1. The third-order valence-corrected chi connectivity index (χ3v) is 2.51. The predicted octanol–water partition coefficient (Wildman–Crippen LogP) is 1.77. The van der Waals surface area contributed by atoms with Crippen LogP contribution in [0.2, 0.25) is 0 Å². The van der Waals surface area contributed by atoms with E-state index >= 15 is 0 Å². The average molecular weight is 154 g/mol. The Morgan fingerprint density at radius 2 is 1.82 bits per heavy atom. The molecule has 2 heterocycles. The van der Waals surface area contributed by atoms with Crippen molar-refractivity contribution in [3.05, 3.63) is 6.23 Å². The molecule has 0 spiro atoms. The van der Waals surface area contributed by atoms with Gasteiger partial charge in [0.25, 0.3) is 0 Å². The molecule has 0 atom stereocenters. The van der Waals surface area contributed by atoms with Gasteiger partial charge in [-0.05, 0) is 32.1 Å². The van der Waals surface area contributed by atoms with Crippen molar-refractivity contribution >= 4 is 0 Å². The zero-order valence-corrected chi connectivity index (χ0v) is 7.01. The first-order valence-corrected chi connectivity index (χ1v) is 4.70. The van der Waals surface area contributed by atoms with Crippen molar-refractivity contribution in [2.24, 2.45) is 0 Å². The maximum atomic E-state index is 5.60. The molecule has 1 radical (unpaired) electrons. The Hall–Kier alpha value is -0.0800. The van der Waals surface area contributed by atoms with E-state index in [1.54, 1.807) is 0 Å². The normalized spacial score (nSPS) is 29.5. The number of nitrogens with zero attached hydrogens (tertiary/aromatic N) is 1. The predicted molar refractivity (Wildman–Crippen MR) is 43.9 cm³/mol. The van der Waals surface area contributed by atoms with Crippen LogP contribution in [0.4, 0.5) is 0 Å². The second-order valence-electron chi connectivity index (χ2n) is 3.39. The zero-order chi connectivity index (χ0) is 7.52. The summed E-state index contributed by atoms with van der Waals surface area (Å²) < 4.78 is 5.60. The summed E-state index contributed by atoms with van der Waals surface area (Å²) in [5.41, 5.74) is 0. The van der Waals surface area contributed by atoms with Gasteiger partial charge in [-0.3, -0.25) is 4.90 Å². The second kappa shape index (κ2) is 3.55. The Morgan fingerprint density at radius 1 is 1.00 bits per heavy atom. The van der Waals surface area contributed by atoms with E-state index in [1.165, 1.54) is 51.4 Å². The molecule has 0 aliphatic carbocycles. The lowest BCUT2D eigenvalue weighted by atomic mass is 10.2. The van der Waals surface area contributed by atoms with Gasteiger partial charge in [0.15, 0.2) is 6.23 Å². The SMILES string of the molecule is C1CC[C](N2CCCC2)OC1. The van der Waals surface area contributed by atoms with Crippen molar-refractivity contribution in [2.45, 2.75) is 32.1 Å². The summed E-state index contributed by atoms with van der Waals surface area (Å²) in [7, 11) is 0. The lowest BCUT2D eigenvalue weighted by molar-refractivity contribution is 0.0146. The van der Waals surface area contributed by atoms with Gasteiger partial charge in [0.2, 0.25) is 0 Å². The van der Waals surface area contributed by atoms with Gasteiger partial charge in [0, 0.05) is 19.7 Å². The Labute approximate surface area is 68.5 Å². The fourth-order valence-electron chi connectivity index (χ4n) is 1.86. The van der Waals surface area contributed by atoms with Gasteiger partial charge >= 0.3 is 0 Å². The Balaban J connectivity index is 1.82. The molecular weight excluding hydrogens is 138 g/mol. The van der Waals surface area contributed by atoms with E-state index in [-0.39, 0.29) is 0 Å². The maximum Gasteiger partial charge on any atom is 0.164 e. The van der Waals surface area contributed by atoms with Crippen LogP contribution in [0.5, 0.6) is 0 Å². The molecule has 0 saturated carbocycles. The fourth-order valence-corrected chi connectivity index (χ4v) is 1.86. The summed E-state index contributed by atoms with van der Waals surface area (Å²) in [4.78, 5) is 2.42. The van der Waals surface area contributed by atoms with E-state index in [2.05, 4.69) is 4.90 Å². The fraction of sp³-hybridized carbons (Fsp3) is 0.889. The molecule has 11 heavy (non-hydrogen) atoms. The van der Waals surface area contributed by atoms with Gasteiger partial charge in [-0.1, -0.05) is 0 Å².